The molecule has 0 heterocycles. The van der Waals surface area contributed by atoms with Gasteiger partial charge in [-0.3, -0.25) is 0 Å². The molecule has 0 aromatic heterocycles. The van der Waals surface area contributed by atoms with Gasteiger partial charge >= 0.3 is 11.9 Å². The van der Waals surface area contributed by atoms with Crippen LogP contribution in [0, 0.1) is 0 Å². The first kappa shape index (κ1) is 25.0. The number of carbonyl (C=O) groups excluding carboxylic acids is 1. The molecule has 2 rings (SSSR count). The molecular weight excluding hydrogens is 408 g/mol. The number of carboxylic acid groups (broad SMARTS) is 1. The number of esters is 1. The van der Waals surface area contributed by atoms with Crippen LogP contribution in [0.2, 0.25) is 0 Å². The summed E-state index contributed by atoms with van der Waals surface area (Å²) in [6.07, 6.45) is 9.58. The quantitative estimate of drug-likeness (QED) is 0.190. The van der Waals surface area contributed by atoms with Gasteiger partial charge in [0.1, 0.15) is 0 Å². The number of aliphatic carboxylic acids is 1. The molecule has 0 amide bonds. The van der Waals surface area contributed by atoms with E-state index in [0.717, 1.165) is 16.9 Å². The molecule has 0 aliphatic rings. The van der Waals surface area contributed by atoms with Crippen LogP contribution in [0.3, 0.4) is 0 Å². The van der Waals surface area contributed by atoms with Gasteiger partial charge in [-0.05, 0) is 54.5 Å². The van der Waals surface area contributed by atoms with Gasteiger partial charge in [-0.2, -0.15) is 0 Å². The second kappa shape index (κ2) is 13.9. The molecule has 0 saturated carbocycles. The highest BCUT2D eigenvalue weighted by molar-refractivity contribution is 7.99. The van der Waals surface area contributed by atoms with Gasteiger partial charge in [0.25, 0.3) is 0 Å². The molecule has 4 nitrogen and oxygen atoms in total. The third-order valence-corrected chi connectivity index (χ3v) is 6.30. The van der Waals surface area contributed by atoms with E-state index in [1.165, 1.54) is 63.2 Å². The summed E-state index contributed by atoms with van der Waals surface area (Å²) in [6.45, 7) is 3.59. The van der Waals surface area contributed by atoms with Crippen molar-refractivity contribution in [3.8, 4) is 11.1 Å². The topological polar surface area (TPSA) is 63.6 Å². The smallest absolute Gasteiger partial charge is 0.344 e. The molecule has 0 fully saturated rings. The third-order valence-electron chi connectivity index (χ3n) is 5.21. The summed E-state index contributed by atoms with van der Waals surface area (Å²) in [4.78, 5) is 24.1. The fraction of sp³-hybridized carbons (Fsp3) is 0.462. The van der Waals surface area contributed by atoms with E-state index in [9.17, 15) is 9.59 Å². The van der Waals surface area contributed by atoms with Crippen LogP contribution >= 0.6 is 11.8 Å². The second-order valence-electron chi connectivity index (χ2n) is 7.81. The first-order valence-electron chi connectivity index (χ1n) is 11.3. The van der Waals surface area contributed by atoms with Gasteiger partial charge in [-0.15, -0.1) is 11.8 Å². The van der Waals surface area contributed by atoms with E-state index in [4.69, 9.17) is 9.84 Å². The SMILES string of the molecule is CCCCCCCCCCSc1ccc(-c2ccc(C(=O)O[C@@H](C)C(=O)O)cc2)cc1. The lowest BCUT2D eigenvalue weighted by atomic mass is 10.0. The van der Waals surface area contributed by atoms with Crippen molar-refractivity contribution in [2.45, 2.75) is 76.2 Å². The minimum atomic E-state index is -1.16. The number of carboxylic acids is 1. The first-order valence-corrected chi connectivity index (χ1v) is 12.3. The Morgan fingerprint density at radius 1 is 0.839 bits per heavy atom. The van der Waals surface area contributed by atoms with E-state index in [1.807, 2.05) is 23.9 Å². The highest BCUT2D eigenvalue weighted by atomic mass is 32.2. The minimum absolute atomic E-state index is 0.342. The molecule has 5 heteroatoms. The number of unbranched alkanes of at least 4 members (excludes halogenated alkanes) is 7. The van der Waals surface area contributed by atoms with E-state index in [0.29, 0.717) is 5.56 Å². The lowest BCUT2D eigenvalue weighted by Crippen LogP contribution is -2.23. The molecule has 31 heavy (non-hydrogen) atoms. The van der Waals surface area contributed by atoms with Crippen LogP contribution < -0.4 is 0 Å². The summed E-state index contributed by atoms with van der Waals surface area (Å²) in [6, 6.07) is 15.5. The van der Waals surface area contributed by atoms with E-state index in [1.54, 1.807) is 12.1 Å². The largest absolute Gasteiger partial charge is 0.479 e. The Bertz CT molecular complexity index is 799. The van der Waals surface area contributed by atoms with Gasteiger partial charge < -0.3 is 9.84 Å². The van der Waals surface area contributed by atoms with Gasteiger partial charge in [0.05, 0.1) is 5.56 Å². The normalized spacial score (nSPS) is 11.8. The summed E-state index contributed by atoms with van der Waals surface area (Å²) in [5.74, 6) is -0.639. The number of thioether (sulfide) groups is 1. The van der Waals surface area contributed by atoms with Crippen molar-refractivity contribution in [2.75, 3.05) is 5.75 Å². The molecule has 168 valence electrons. The zero-order chi connectivity index (χ0) is 22.5. The maximum absolute atomic E-state index is 12.0. The Morgan fingerprint density at radius 3 is 1.90 bits per heavy atom. The lowest BCUT2D eigenvalue weighted by Gasteiger charge is -2.09. The second-order valence-corrected chi connectivity index (χ2v) is 8.98. The van der Waals surface area contributed by atoms with Crippen molar-refractivity contribution >= 4 is 23.7 Å². The van der Waals surface area contributed by atoms with Crippen molar-refractivity contribution in [2.24, 2.45) is 0 Å². The van der Waals surface area contributed by atoms with Crippen molar-refractivity contribution in [3.63, 3.8) is 0 Å². The van der Waals surface area contributed by atoms with E-state index >= 15 is 0 Å². The zero-order valence-electron chi connectivity index (χ0n) is 18.6. The predicted molar refractivity (Wildman–Crippen MR) is 128 cm³/mol. The van der Waals surface area contributed by atoms with Crippen molar-refractivity contribution in [1.82, 2.24) is 0 Å². The number of hydrogen-bond donors (Lipinski definition) is 1. The molecule has 0 spiro atoms. The minimum Gasteiger partial charge on any atom is -0.479 e. The lowest BCUT2D eigenvalue weighted by molar-refractivity contribution is -0.146. The molecule has 0 aliphatic heterocycles. The standard InChI is InChI=1S/C26H34O4S/c1-3-4-5-6-7-8-9-10-19-31-24-17-15-22(16-18-24)21-11-13-23(14-12-21)26(29)30-20(2)25(27)28/h11-18,20H,3-10,19H2,1-2H3,(H,27,28)/t20-/m0/s1. The summed E-state index contributed by atoms with van der Waals surface area (Å²) in [5, 5.41) is 8.84. The maximum Gasteiger partial charge on any atom is 0.344 e. The van der Waals surface area contributed by atoms with Crippen LogP contribution in [0.5, 0.6) is 0 Å². The fourth-order valence-electron chi connectivity index (χ4n) is 3.25. The average molecular weight is 443 g/mol. The van der Waals surface area contributed by atoms with Crippen LogP contribution in [0.4, 0.5) is 0 Å². The molecule has 1 atom stereocenters. The van der Waals surface area contributed by atoms with Crippen LogP contribution in [-0.4, -0.2) is 28.9 Å². The Hall–Kier alpha value is -2.27. The molecule has 0 radical (unpaired) electrons. The molecule has 0 unspecified atom stereocenters. The zero-order valence-corrected chi connectivity index (χ0v) is 19.5. The van der Waals surface area contributed by atoms with Crippen LogP contribution in [0.25, 0.3) is 11.1 Å². The molecule has 2 aromatic rings. The van der Waals surface area contributed by atoms with Crippen LogP contribution in [0.15, 0.2) is 53.4 Å². The molecule has 0 saturated heterocycles. The number of benzene rings is 2. The molecular formula is C26H34O4S. The molecule has 0 aliphatic carbocycles. The van der Waals surface area contributed by atoms with Crippen LogP contribution in [-0.2, 0) is 9.53 Å². The number of hydrogen-bond acceptors (Lipinski definition) is 4. The summed E-state index contributed by atoms with van der Waals surface area (Å²) in [5.41, 5.74) is 2.42. The maximum atomic E-state index is 12.0. The Balaban J connectivity index is 1.75. The molecule has 0 bridgehead atoms. The average Bonchev–Trinajstić information content (AvgIpc) is 2.78. The highest BCUT2D eigenvalue weighted by Crippen LogP contribution is 2.25. The summed E-state index contributed by atoms with van der Waals surface area (Å²) < 4.78 is 4.90. The molecule has 1 N–H and O–H groups in total. The van der Waals surface area contributed by atoms with Gasteiger partial charge in [-0.1, -0.05) is 76.1 Å². The molecule has 2 aromatic carbocycles. The Morgan fingerprint density at radius 2 is 1.35 bits per heavy atom. The summed E-state index contributed by atoms with van der Waals surface area (Å²) in [7, 11) is 0. The Kier molecular flexibility index (Phi) is 11.2. The van der Waals surface area contributed by atoms with Gasteiger partial charge in [0, 0.05) is 4.90 Å². The first-order chi connectivity index (χ1) is 15.0. The van der Waals surface area contributed by atoms with Crippen molar-refractivity contribution in [1.29, 1.82) is 0 Å². The number of ether oxygens (including phenoxy) is 1. The van der Waals surface area contributed by atoms with Crippen molar-refractivity contribution in [3.05, 3.63) is 54.1 Å². The van der Waals surface area contributed by atoms with Crippen LogP contribution in [0.1, 0.15) is 75.6 Å². The highest BCUT2D eigenvalue weighted by Gasteiger charge is 2.17. The van der Waals surface area contributed by atoms with E-state index < -0.39 is 18.0 Å². The van der Waals surface area contributed by atoms with Crippen molar-refractivity contribution < 1.29 is 19.4 Å². The number of rotatable bonds is 14. The van der Waals surface area contributed by atoms with E-state index in [-0.39, 0.29) is 0 Å². The third kappa shape index (κ3) is 9.18. The fourth-order valence-corrected chi connectivity index (χ4v) is 4.16. The van der Waals surface area contributed by atoms with Gasteiger partial charge in [0.2, 0.25) is 0 Å². The summed E-state index contributed by atoms with van der Waals surface area (Å²) >= 11 is 1.90. The van der Waals surface area contributed by atoms with E-state index in [2.05, 4.69) is 31.2 Å². The monoisotopic (exact) mass is 442 g/mol. The van der Waals surface area contributed by atoms with Gasteiger partial charge in [-0.25, -0.2) is 9.59 Å². The van der Waals surface area contributed by atoms with Gasteiger partial charge in [0.15, 0.2) is 6.10 Å². The number of carbonyl (C=O) groups is 2. The predicted octanol–water partition coefficient (Wildman–Crippen LogP) is 7.22. The Labute approximate surface area is 190 Å².